The Morgan fingerprint density at radius 2 is 2.07 bits per heavy atom. The number of benzene rings is 2. The average Bonchev–Trinajstić information content (AvgIpc) is 2.71. The molecule has 1 aliphatic heterocycles. The van der Waals surface area contributed by atoms with Gasteiger partial charge in [0.2, 0.25) is 0 Å². The largest absolute Gasteiger partial charge is 0.491 e. The smallest absolute Gasteiger partial charge is 0.303 e. The maximum absolute atomic E-state index is 10.7. The molecule has 0 saturated carbocycles. The second kappa shape index (κ2) is 10.1. The van der Waals surface area contributed by atoms with Crippen molar-refractivity contribution < 1.29 is 24.5 Å². The number of carboxylic acid groups (broad SMARTS) is 1. The van der Waals surface area contributed by atoms with E-state index in [1.165, 1.54) is 0 Å². The van der Waals surface area contributed by atoms with Gasteiger partial charge in [-0.2, -0.15) is 0 Å². The minimum atomic E-state index is -0.781. The zero-order valence-electron chi connectivity index (χ0n) is 15.8. The molecule has 0 amide bonds. The van der Waals surface area contributed by atoms with Crippen LogP contribution in [0.4, 0.5) is 0 Å². The molecule has 0 radical (unpaired) electrons. The number of aliphatic hydroxyl groups excluding tert-OH is 1. The molecule has 6 nitrogen and oxygen atoms in total. The molecule has 150 valence electrons. The Morgan fingerprint density at radius 3 is 2.86 bits per heavy atom. The lowest BCUT2D eigenvalue weighted by atomic mass is 9.98. The van der Waals surface area contributed by atoms with Gasteiger partial charge in [-0.15, -0.1) is 0 Å². The number of fused-ring (bicyclic) bond motifs is 1. The highest BCUT2D eigenvalue weighted by Crippen LogP contribution is 2.28. The van der Waals surface area contributed by atoms with Crippen molar-refractivity contribution in [3.63, 3.8) is 0 Å². The van der Waals surface area contributed by atoms with Crippen LogP contribution < -0.4 is 14.8 Å². The summed E-state index contributed by atoms with van der Waals surface area (Å²) in [5, 5.41) is 22.1. The minimum Gasteiger partial charge on any atom is -0.491 e. The summed E-state index contributed by atoms with van der Waals surface area (Å²) in [6.45, 7) is 1.33. The van der Waals surface area contributed by atoms with Gasteiger partial charge in [-0.1, -0.05) is 30.3 Å². The third-order valence-electron chi connectivity index (χ3n) is 4.72. The van der Waals surface area contributed by atoms with E-state index in [2.05, 4.69) is 5.32 Å². The number of aliphatic hydroxyl groups is 1. The van der Waals surface area contributed by atoms with Gasteiger partial charge >= 0.3 is 5.97 Å². The van der Waals surface area contributed by atoms with E-state index in [1.807, 2.05) is 48.5 Å². The Kier molecular flexibility index (Phi) is 7.28. The maximum atomic E-state index is 10.7. The fourth-order valence-electron chi connectivity index (χ4n) is 3.23. The fourth-order valence-corrected chi connectivity index (χ4v) is 3.23. The zero-order chi connectivity index (χ0) is 19.8. The second-order valence-corrected chi connectivity index (χ2v) is 7.05. The van der Waals surface area contributed by atoms with Gasteiger partial charge in [-0.05, 0) is 48.6 Å². The summed E-state index contributed by atoms with van der Waals surface area (Å²) in [5.41, 5.74) is 2.17. The van der Waals surface area contributed by atoms with Crippen molar-refractivity contribution >= 4 is 5.97 Å². The topological polar surface area (TPSA) is 88.0 Å². The van der Waals surface area contributed by atoms with E-state index in [4.69, 9.17) is 14.6 Å². The summed E-state index contributed by atoms with van der Waals surface area (Å²) in [5.74, 6) is 0.832. The van der Waals surface area contributed by atoms with Gasteiger partial charge in [0.05, 0.1) is 0 Å². The summed E-state index contributed by atoms with van der Waals surface area (Å²) in [6.07, 6.45) is 1.94. The first-order chi connectivity index (χ1) is 13.6. The molecule has 0 fully saturated rings. The Balaban J connectivity index is 1.38. The molecule has 28 heavy (non-hydrogen) atoms. The van der Waals surface area contributed by atoms with Crippen LogP contribution in [-0.2, 0) is 17.6 Å². The molecular formula is C22H27NO5. The molecule has 0 aliphatic carbocycles. The standard InChI is InChI=1S/C22H27NO5/c24-18(15-27-19-4-2-1-3-5-19)13-23-14-20-9-8-17-12-16(7-11-22(25)26)6-10-21(17)28-20/h1-6,10,12,18,20,23-24H,7-9,11,13-15H2,(H,25,26)/t18-,20+/m0/s1. The Morgan fingerprint density at radius 1 is 1.25 bits per heavy atom. The third kappa shape index (κ3) is 6.25. The molecule has 2 atom stereocenters. The third-order valence-corrected chi connectivity index (χ3v) is 4.72. The summed E-state index contributed by atoms with van der Waals surface area (Å²) in [4.78, 5) is 10.7. The highest BCUT2D eigenvalue weighted by atomic mass is 16.5. The number of carboxylic acids is 1. The molecule has 0 saturated heterocycles. The first kappa shape index (κ1) is 20.2. The molecule has 1 heterocycles. The highest BCUT2D eigenvalue weighted by Gasteiger charge is 2.20. The fraction of sp³-hybridized carbons (Fsp3) is 0.409. The SMILES string of the molecule is O=C(O)CCc1ccc2c(c1)CC[C@H](CNC[C@H](O)COc1ccccc1)O2. The number of hydrogen-bond donors (Lipinski definition) is 3. The Bertz CT molecular complexity index is 765. The molecule has 2 aromatic rings. The molecule has 3 N–H and O–H groups in total. The van der Waals surface area contributed by atoms with E-state index in [-0.39, 0.29) is 19.1 Å². The maximum Gasteiger partial charge on any atom is 0.303 e. The van der Waals surface area contributed by atoms with Crippen LogP contribution >= 0.6 is 0 Å². The van der Waals surface area contributed by atoms with E-state index in [0.29, 0.717) is 19.5 Å². The minimum absolute atomic E-state index is 0.0552. The van der Waals surface area contributed by atoms with Crippen molar-refractivity contribution in [2.24, 2.45) is 0 Å². The number of aryl methyl sites for hydroxylation is 2. The molecule has 0 aromatic heterocycles. The first-order valence-corrected chi connectivity index (χ1v) is 9.67. The molecular weight excluding hydrogens is 358 g/mol. The van der Waals surface area contributed by atoms with Gasteiger partial charge in [0, 0.05) is 19.5 Å². The highest BCUT2D eigenvalue weighted by molar-refractivity contribution is 5.67. The van der Waals surface area contributed by atoms with E-state index < -0.39 is 12.1 Å². The van der Waals surface area contributed by atoms with Gasteiger partial charge in [0.25, 0.3) is 0 Å². The van der Waals surface area contributed by atoms with E-state index >= 15 is 0 Å². The lowest BCUT2D eigenvalue weighted by Gasteiger charge is -2.27. The lowest BCUT2D eigenvalue weighted by molar-refractivity contribution is -0.136. The van der Waals surface area contributed by atoms with Crippen LogP contribution in [0.1, 0.15) is 24.0 Å². The number of para-hydroxylation sites is 1. The van der Waals surface area contributed by atoms with Crippen molar-refractivity contribution in [1.29, 1.82) is 0 Å². The molecule has 0 unspecified atom stereocenters. The number of hydrogen-bond acceptors (Lipinski definition) is 5. The Labute approximate surface area is 165 Å². The van der Waals surface area contributed by atoms with E-state index in [1.54, 1.807) is 0 Å². The predicted octanol–water partition coefficient (Wildman–Crippen LogP) is 2.43. The first-order valence-electron chi connectivity index (χ1n) is 9.67. The number of aliphatic carboxylic acids is 1. The monoisotopic (exact) mass is 385 g/mol. The van der Waals surface area contributed by atoms with Crippen LogP contribution in [-0.4, -0.2) is 48.1 Å². The molecule has 0 spiro atoms. The van der Waals surface area contributed by atoms with Crippen LogP contribution in [0.25, 0.3) is 0 Å². The number of nitrogens with one attached hydrogen (secondary N) is 1. The normalized spacial score (nSPS) is 16.7. The van der Waals surface area contributed by atoms with Crippen molar-refractivity contribution in [1.82, 2.24) is 5.32 Å². The molecule has 6 heteroatoms. The Hall–Kier alpha value is -2.57. The summed E-state index contributed by atoms with van der Waals surface area (Å²) < 4.78 is 11.6. The number of carbonyl (C=O) groups is 1. The van der Waals surface area contributed by atoms with Gasteiger partial charge in [0.1, 0.15) is 30.3 Å². The van der Waals surface area contributed by atoms with Crippen LogP contribution in [0, 0.1) is 0 Å². The summed E-state index contributed by atoms with van der Waals surface area (Å²) in [6, 6.07) is 15.3. The van der Waals surface area contributed by atoms with Crippen LogP contribution in [0.2, 0.25) is 0 Å². The quantitative estimate of drug-likeness (QED) is 0.582. The number of ether oxygens (including phenoxy) is 2. The zero-order valence-corrected chi connectivity index (χ0v) is 15.8. The number of rotatable bonds is 10. The van der Waals surface area contributed by atoms with Gasteiger partial charge in [-0.25, -0.2) is 0 Å². The predicted molar refractivity (Wildman–Crippen MR) is 106 cm³/mol. The van der Waals surface area contributed by atoms with Gasteiger partial charge in [0.15, 0.2) is 0 Å². The van der Waals surface area contributed by atoms with Crippen LogP contribution in [0.15, 0.2) is 48.5 Å². The molecule has 3 rings (SSSR count). The molecule has 2 aromatic carbocycles. The van der Waals surface area contributed by atoms with Crippen LogP contribution in [0.3, 0.4) is 0 Å². The second-order valence-electron chi connectivity index (χ2n) is 7.05. The average molecular weight is 385 g/mol. The summed E-state index contributed by atoms with van der Waals surface area (Å²) in [7, 11) is 0. The summed E-state index contributed by atoms with van der Waals surface area (Å²) >= 11 is 0. The molecule has 1 aliphatic rings. The van der Waals surface area contributed by atoms with E-state index in [0.717, 1.165) is 35.5 Å². The van der Waals surface area contributed by atoms with Crippen molar-refractivity contribution in [3.05, 3.63) is 59.7 Å². The lowest BCUT2D eigenvalue weighted by Crippen LogP contribution is -2.39. The van der Waals surface area contributed by atoms with E-state index in [9.17, 15) is 9.90 Å². The van der Waals surface area contributed by atoms with Gasteiger partial charge < -0.3 is 25.0 Å². The van der Waals surface area contributed by atoms with Crippen molar-refractivity contribution in [2.75, 3.05) is 19.7 Å². The van der Waals surface area contributed by atoms with Crippen molar-refractivity contribution in [2.45, 2.75) is 37.9 Å². The van der Waals surface area contributed by atoms with Crippen LogP contribution in [0.5, 0.6) is 11.5 Å². The van der Waals surface area contributed by atoms with Crippen molar-refractivity contribution in [3.8, 4) is 11.5 Å². The van der Waals surface area contributed by atoms with Gasteiger partial charge in [-0.3, -0.25) is 4.79 Å². The molecule has 0 bridgehead atoms.